The number of aromatic nitrogens is 1. The zero-order valence-electron chi connectivity index (χ0n) is 17.1. The number of hydrogen-bond acceptors (Lipinski definition) is 4. The Morgan fingerprint density at radius 2 is 2.06 bits per heavy atom. The van der Waals surface area contributed by atoms with Crippen molar-refractivity contribution in [3.63, 3.8) is 0 Å². The minimum atomic E-state index is -2.97. The summed E-state index contributed by atoms with van der Waals surface area (Å²) in [5.74, 6) is -2.49. The average molecular weight is 462 g/mol. The highest BCUT2D eigenvalue weighted by Gasteiger charge is 2.42. The maximum Gasteiger partial charge on any atom is 0.388 e. The molecule has 0 unspecified atom stereocenters. The van der Waals surface area contributed by atoms with Crippen LogP contribution in [0.4, 0.5) is 28.0 Å². The lowest BCUT2D eigenvalue weighted by molar-refractivity contribution is -0.132. The predicted octanol–water partition coefficient (Wildman–Crippen LogP) is 3.62. The molecule has 7 nitrogen and oxygen atoms in total. The van der Waals surface area contributed by atoms with Crippen molar-refractivity contribution in [3.8, 4) is 5.88 Å². The SMILES string of the molecule is O=C1Nc2ccc(F)c(F)c2CN1CC(=O)N1C[C@H]2C=C(c3ccc(OC(F)F)nc3)[C@@H]1C2. The fraction of sp³-hybridized carbons (Fsp3) is 0.318. The molecule has 0 saturated carbocycles. The van der Waals surface area contributed by atoms with Crippen LogP contribution >= 0.6 is 0 Å². The lowest BCUT2D eigenvalue weighted by Crippen LogP contribution is -2.48. The van der Waals surface area contributed by atoms with Crippen LogP contribution in [-0.4, -0.2) is 52.5 Å². The maximum atomic E-state index is 14.2. The number of carbonyl (C=O) groups excluding carboxylic acids is 2. The van der Waals surface area contributed by atoms with Gasteiger partial charge in [0.15, 0.2) is 11.6 Å². The van der Waals surface area contributed by atoms with Gasteiger partial charge in [-0.2, -0.15) is 8.78 Å². The van der Waals surface area contributed by atoms with E-state index < -0.39 is 24.3 Å². The molecule has 2 aliphatic heterocycles. The Kier molecular flexibility index (Phi) is 5.18. The van der Waals surface area contributed by atoms with Crippen molar-refractivity contribution in [1.29, 1.82) is 0 Å². The third kappa shape index (κ3) is 3.87. The number of anilines is 1. The summed E-state index contributed by atoms with van der Waals surface area (Å²) in [5.41, 5.74) is 1.70. The van der Waals surface area contributed by atoms with Crippen LogP contribution in [0.15, 0.2) is 36.5 Å². The predicted molar refractivity (Wildman–Crippen MR) is 108 cm³/mol. The van der Waals surface area contributed by atoms with Gasteiger partial charge >= 0.3 is 12.6 Å². The highest BCUT2D eigenvalue weighted by atomic mass is 19.3. The number of hydrogen-bond donors (Lipinski definition) is 1. The van der Waals surface area contributed by atoms with Crippen LogP contribution in [0.25, 0.3) is 5.57 Å². The Balaban J connectivity index is 1.29. The lowest BCUT2D eigenvalue weighted by Gasteiger charge is -2.33. The maximum absolute atomic E-state index is 14.2. The topological polar surface area (TPSA) is 74.8 Å². The smallest absolute Gasteiger partial charge is 0.388 e. The van der Waals surface area contributed by atoms with Crippen molar-refractivity contribution in [2.45, 2.75) is 25.6 Å². The van der Waals surface area contributed by atoms with Gasteiger partial charge in [-0.3, -0.25) is 4.79 Å². The van der Waals surface area contributed by atoms with Crippen LogP contribution in [0, 0.1) is 17.6 Å². The Morgan fingerprint density at radius 1 is 1.24 bits per heavy atom. The quantitative estimate of drug-likeness (QED) is 0.689. The number of nitrogens with one attached hydrogen (secondary N) is 1. The minimum Gasteiger partial charge on any atom is -0.417 e. The highest BCUT2D eigenvalue weighted by Crippen LogP contribution is 2.42. The number of carbonyl (C=O) groups is 2. The van der Waals surface area contributed by atoms with E-state index in [1.165, 1.54) is 18.3 Å². The molecule has 172 valence electrons. The molecule has 1 fully saturated rings. The normalized spacial score (nSPS) is 21.2. The first kappa shape index (κ1) is 21.2. The van der Waals surface area contributed by atoms with Gasteiger partial charge in [0.05, 0.1) is 18.3 Å². The second-order valence-corrected chi connectivity index (χ2v) is 8.12. The summed E-state index contributed by atoms with van der Waals surface area (Å²) >= 11 is 0. The number of rotatable bonds is 5. The van der Waals surface area contributed by atoms with E-state index in [-0.39, 0.29) is 48.1 Å². The van der Waals surface area contributed by atoms with E-state index in [1.807, 2.05) is 6.08 Å². The van der Waals surface area contributed by atoms with Gasteiger partial charge in [-0.25, -0.2) is 18.6 Å². The molecule has 1 aromatic carbocycles. The largest absolute Gasteiger partial charge is 0.417 e. The number of halogens is 4. The molecule has 1 saturated heterocycles. The van der Waals surface area contributed by atoms with Crippen LogP contribution in [0.3, 0.4) is 0 Å². The molecule has 3 aliphatic rings. The van der Waals surface area contributed by atoms with Crippen LogP contribution in [-0.2, 0) is 11.3 Å². The zero-order valence-corrected chi connectivity index (χ0v) is 17.1. The summed E-state index contributed by atoms with van der Waals surface area (Å²) in [6.45, 7) is -3.02. The number of benzene rings is 1. The number of pyridine rings is 1. The number of fused-ring (bicyclic) bond motifs is 3. The Bertz CT molecular complexity index is 1160. The molecule has 5 rings (SSSR count). The standard InChI is InChI=1S/C22H18F4N4O3/c23-15-2-3-16-14(20(15)24)9-29(22(32)28-16)10-19(31)30-8-11-5-13(17(30)6-11)12-1-4-18(27-7-12)33-21(25)26/h1-5,7,11,17,21H,6,8-10H2,(H,28,32)/t11-,17-/m0/s1. The molecule has 1 N–H and O–H groups in total. The fourth-order valence-corrected chi connectivity index (χ4v) is 4.63. The Labute approximate surface area is 185 Å². The molecule has 2 bridgehead atoms. The molecule has 3 heterocycles. The monoisotopic (exact) mass is 462 g/mol. The van der Waals surface area contributed by atoms with Crippen molar-refractivity contribution in [2.24, 2.45) is 5.92 Å². The molecule has 11 heteroatoms. The number of likely N-dealkylation sites (tertiary alicyclic amines) is 1. The van der Waals surface area contributed by atoms with Gasteiger partial charge in [0, 0.05) is 24.4 Å². The van der Waals surface area contributed by atoms with E-state index in [0.29, 0.717) is 18.5 Å². The van der Waals surface area contributed by atoms with Crippen molar-refractivity contribution in [1.82, 2.24) is 14.8 Å². The molecule has 1 aromatic heterocycles. The zero-order chi connectivity index (χ0) is 23.3. The average Bonchev–Trinajstić information content (AvgIpc) is 3.39. The number of nitrogens with zero attached hydrogens (tertiary/aromatic N) is 3. The van der Waals surface area contributed by atoms with Crippen molar-refractivity contribution in [3.05, 3.63) is 59.3 Å². The van der Waals surface area contributed by atoms with E-state index in [0.717, 1.165) is 16.5 Å². The lowest BCUT2D eigenvalue weighted by atomic mass is 10.0. The van der Waals surface area contributed by atoms with Crippen LogP contribution in [0.1, 0.15) is 17.5 Å². The second-order valence-electron chi connectivity index (χ2n) is 8.12. The van der Waals surface area contributed by atoms with Gasteiger partial charge in [0.25, 0.3) is 0 Å². The number of urea groups is 1. The summed E-state index contributed by atoms with van der Waals surface area (Å²) in [4.78, 5) is 32.1. The summed E-state index contributed by atoms with van der Waals surface area (Å²) < 4.78 is 56.7. The highest BCUT2D eigenvalue weighted by molar-refractivity contribution is 5.95. The molecular formula is C22H18F4N4O3. The van der Waals surface area contributed by atoms with Gasteiger partial charge in [0.1, 0.15) is 6.54 Å². The van der Waals surface area contributed by atoms with E-state index in [9.17, 15) is 27.2 Å². The molecule has 33 heavy (non-hydrogen) atoms. The second kappa shape index (κ2) is 8.05. The fourth-order valence-electron chi connectivity index (χ4n) is 4.63. The third-order valence-corrected chi connectivity index (χ3v) is 6.11. The van der Waals surface area contributed by atoms with Crippen molar-refractivity contribution in [2.75, 3.05) is 18.4 Å². The molecule has 0 spiro atoms. The molecular weight excluding hydrogens is 444 g/mol. The van der Waals surface area contributed by atoms with Crippen molar-refractivity contribution >= 4 is 23.2 Å². The minimum absolute atomic E-state index is 0.0110. The number of amides is 3. The molecule has 2 atom stereocenters. The van der Waals surface area contributed by atoms with Crippen molar-refractivity contribution < 1.29 is 31.9 Å². The van der Waals surface area contributed by atoms with E-state index in [1.54, 1.807) is 11.0 Å². The van der Waals surface area contributed by atoms with Crippen LogP contribution in [0.2, 0.25) is 0 Å². The van der Waals surface area contributed by atoms with Crippen LogP contribution in [0.5, 0.6) is 5.88 Å². The summed E-state index contributed by atoms with van der Waals surface area (Å²) in [5, 5.41) is 2.49. The van der Waals surface area contributed by atoms with Gasteiger partial charge in [-0.05, 0) is 41.7 Å². The molecule has 1 aliphatic carbocycles. The Hall–Kier alpha value is -3.63. The summed E-state index contributed by atoms with van der Waals surface area (Å²) in [7, 11) is 0. The molecule has 2 aromatic rings. The van der Waals surface area contributed by atoms with Gasteiger partial charge in [0.2, 0.25) is 11.8 Å². The van der Waals surface area contributed by atoms with E-state index in [2.05, 4.69) is 15.0 Å². The number of alkyl halides is 2. The van der Waals surface area contributed by atoms with Gasteiger partial charge in [-0.1, -0.05) is 6.08 Å². The first-order chi connectivity index (χ1) is 15.8. The van der Waals surface area contributed by atoms with Gasteiger partial charge < -0.3 is 19.9 Å². The molecule has 0 radical (unpaired) electrons. The first-order valence-corrected chi connectivity index (χ1v) is 10.3. The number of ether oxygens (including phenoxy) is 1. The van der Waals surface area contributed by atoms with Crippen LogP contribution < -0.4 is 10.1 Å². The Morgan fingerprint density at radius 3 is 2.76 bits per heavy atom. The third-order valence-electron chi connectivity index (χ3n) is 6.11. The summed E-state index contributed by atoms with van der Waals surface area (Å²) in [6.07, 6.45) is 4.14. The van der Waals surface area contributed by atoms with E-state index in [4.69, 9.17) is 0 Å². The summed E-state index contributed by atoms with van der Waals surface area (Å²) in [6, 6.07) is 4.34. The van der Waals surface area contributed by atoms with Gasteiger partial charge in [-0.15, -0.1) is 0 Å². The molecule has 3 amide bonds. The first-order valence-electron chi connectivity index (χ1n) is 10.3. The van der Waals surface area contributed by atoms with E-state index >= 15 is 0 Å².